The fourth-order valence-corrected chi connectivity index (χ4v) is 10.3. The minimum absolute atomic E-state index is 0.122. The molecule has 16 nitrogen and oxygen atoms in total. The smallest absolute Gasteiger partial charge is 0.390 e. The molecule has 368 valence electrons. The first-order valence-electron chi connectivity index (χ1n) is 20.2. The van der Waals surface area contributed by atoms with Gasteiger partial charge in [0.15, 0.2) is 0 Å². The number of aliphatic hydroxyl groups excluding tert-OH is 4. The van der Waals surface area contributed by atoms with E-state index in [4.69, 9.17) is 13.5 Å². The SMILES string of the molecule is Cc1ccc(S(=O)(=O)OC2CCCC2O)cc1.Cc1ccc(S(=O)(=O)OC2CCCCC2O)cc1.O=S(=O)(OC1CCCC1O)C(F)(F)F.O=S(=O)(OC1CCCCC1O)C(F)(F)F. The highest BCUT2D eigenvalue weighted by Gasteiger charge is 2.50. The first kappa shape index (κ1) is 55.8. The zero-order valence-electron chi connectivity index (χ0n) is 34.7. The normalized spacial score (nSPS) is 26.9. The van der Waals surface area contributed by atoms with Crippen LogP contribution in [0.5, 0.6) is 0 Å². The fourth-order valence-electron chi connectivity index (χ4n) is 6.70. The van der Waals surface area contributed by atoms with Gasteiger partial charge in [-0.3, -0.25) is 16.7 Å². The van der Waals surface area contributed by atoms with Crippen LogP contribution in [-0.4, -0.2) is 114 Å². The molecule has 0 amide bonds. The summed E-state index contributed by atoms with van der Waals surface area (Å²) < 4.78 is 179. The quantitative estimate of drug-likeness (QED) is 0.130. The molecule has 0 bridgehead atoms. The second-order valence-electron chi connectivity index (χ2n) is 15.6. The Hall–Kier alpha value is -2.50. The Balaban J connectivity index is 0.000000228. The first-order valence-corrected chi connectivity index (χ1v) is 25.8. The summed E-state index contributed by atoms with van der Waals surface area (Å²) in [5.74, 6) is 0. The fraction of sp³-hybridized carbons (Fsp3) is 0.684. The molecule has 8 unspecified atom stereocenters. The van der Waals surface area contributed by atoms with Crippen molar-refractivity contribution in [2.45, 2.75) is 173 Å². The van der Waals surface area contributed by atoms with Crippen LogP contribution in [0.15, 0.2) is 58.3 Å². The van der Waals surface area contributed by atoms with Crippen molar-refractivity contribution in [1.82, 2.24) is 0 Å². The van der Waals surface area contributed by atoms with E-state index in [1.54, 1.807) is 24.3 Å². The lowest BCUT2D eigenvalue weighted by Gasteiger charge is -2.26. The van der Waals surface area contributed by atoms with E-state index in [1.807, 2.05) is 13.8 Å². The van der Waals surface area contributed by atoms with Crippen LogP contribution in [0.25, 0.3) is 0 Å². The minimum atomic E-state index is -5.59. The predicted octanol–water partition coefficient (Wildman–Crippen LogP) is 5.54. The third-order valence-corrected chi connectivity index (χ3v) is 15.2. The Bertz CT molecular complexity index is 2210. The molecule has 0 aliphatic heterocycles. The van der Waals surface area contributed by atoms with Gasteiger partial charge < -0.3 is 20.4 Å². The molecular formula is C38H54F6O16S4. The summed E-state index contributed by atoms with van der Waals surface area (Å²) in [4.78, 5) is 0.285. The minimum Gasteiger partial charge on any atom is -0.390 e. The molecule has 2 aromatic rings. The van der Waals surface area contributed by atoms with Gasteiger partial charge >= 0.3 is 31.3 Å². The summed E-state index contributed by atoms with van der Waals surface area (Å²) in [6.07, 6.45) is 0.0764. The molecule has 26 heteroatoms. The van der Waals surface area contributed by atoms with E-state index < -0.39 is 100 Å². The highest BCUT2D eigenvalue weighted by atomic mass is 32.2. The van der Waals surface area contributed by atoms with E-state index in [9.17, 15) is 75.3 Å². The van der Waals surface area contributed by atoms with E-state index in [1.165, 1.54) is 24.3 Å². The molecule has 0 aromatic heterocycles. The summed E-state index contributed by atoms with van der Waals surface area (Å²) in [6, 6.07) is 13.0. The molecule has 2 aromatic carbocycles. The van der Waals surface area contributed by atoms with Crippen molar-refractivity contribution in [2.75, 3.05) is 0 Å². The molecule has 8 atom stereocenters. The molecule has 64 heavy (non-hydrogen) atoms. The molecule has 0 radical (unpaired) electrons. The largest absolute Gasteiger partial charge is 0.523 e. The van der Waals surface area contributed by atoms with Gasteiger partial charge in [0.25, 0.3) is 20.2 Å². The van der Waals surface area contributed by atoms with Crippen LogP contribution in [0.1, 0.15) is 101 Å². The van der Waals surface area contributed by atoms with Crippen LogP contribution >= 0.6 is 0 Å². The summed E-state index contributed by atoms with van der Waals surface area (Å²) >= 11 is 0. The monoisotopic (exact) mass is 1010 g/mol. The molecular weight excluding hydrogens is 955 g/mol. The molecule has 0 heterocycles. The van der Waals surface area contributed by atoms with Gasteiger partial charge in [0.05, 0.1) is 34.2 Å². The summed E-state index contributed by atoms with van der Waals surface area (Å²) in [7, 11) is -18.7. The third kappa shape index (κ3) is 17.0. The van der Waals surface area contributed by atoms with Crippen molar-refractivity contribution < 1.29 is 97.2 Å². The Morgan fingerprint density at radius 2 is 0.641 bits per heavy atom. The number of aryl methyl sites for hydroxylation is 2. The Kier molecular flexibility index (Phi) is 20.5. The lowest BCUT2D eigenvalue weighted by molar-refractivity contribution is -0.0670. The maximum Gasteiger partial charge on any atom is 0.523 e. The van der Waals surface area contributed by atoms with Crippen LogP contribution in [0.3, 0.4) is 0 Å². The molecule has 4 aliphatic carbocycles. The van der Waals surface area contributed by atoms with Crippen LogP contribution in [-0.2, 0) is 57.2 Å². The highest BCUT2D eigenvalue weighted by Crippen LogP contribution is 2.32. The van der Waals surface area contributed by atoms with E-state index in [-0.39, 0.29) is 35.5 Å². The Morgan fingerprint density at radius 1 is 0.406 bits per heavy atom. The van der Waals surface area contributed by atoms with Gasteiger partial charge in [-0.25, -0.2) is 0 Å². The van der Waals surface area contributed by atoms with E-state index >= 15 is 0 Å². The number of halogens is 6. The highest BCUT2D eigenvalue weighted by molar-refractivity contribution is 7.88. The standard InChI is InChI=1S/C13H18O4S.C12H16O4S.C7H11F3O4S.C6H9F3O4S/c1-10-6-8-11(9-7-10)18(15,16)17-13-5-3-2-4-12(13)14;1-9-5-7-10(8-6-9)17(14,15)16-12-4-2-3-11(12)13;8-7(9,10)15(12,13)14-6-4-2-1-3-5(6)11;7-6(8,9)14(11,12)13-5-3-1-2-4(5)10/h6-9,12-14H,2-5H2,1H3;5-8,11-13H,2-4H2,1H3;5-6,11H,1-4H2;4-5,10H,1-3H2. The van der Waals surface area contributed by atoms with Gasteiger partial charge in [-0.1, -0.05) is 61.1 Å². The molecule has 4 saturated carbocycles. The lowest BCUT2D eigenvalue weighted by atomic mass is 9.95. The molecule has 0 saturated heterocycles. The zero-order valence-corrected chi connectivity index (χ0v) is 38.0. The number of hydrogen-bond donors (Lipinski definition) is 4. The molecule has 4 aliphatic rings. The molecule has 6 rings (SSSR count). The Labute approximate surface area is 369 Å². The first-order chi connectivity index (χ1) is 29.5. The zero-order chi connectivity index (χ0) is 48.3. The number of aliphatic hydroxyl groups is 4. The van der Waals surface area contributed by atoms with E-state index in [0.29, 0.717) is 44.9 Å². The summed E-state index contributed by atoms with van der Waals surface area (Å²) in [5, 5.41) is 37.6. The second kappa shape index (κ2) is 23.5. The molecule has 4 N–H and O–H groups in total. The number of rotatable bonds is 10. The van der Waals surface area contributed by atoms with Crippen LogP contribution in [0, 0.1) is 13.8 Å². The van der Waals surface area contributed by atoms with Crippen molar-refractivity contribution in [3.63, 3.8) is 0 Å². The van der Waals surface area contributed by atoms with Crippen molar-refractivity contribution in [3.05, 3.63) is 59.7 Å². The average molecular weight is 1010 g/mol. The summed E-state index contributed by atoms with van der Waals surface area (Å²) in [6.45, 7) is 3.78. The van der Waals surface area contributed by atoms with Gasteiger partial charge in [0, 0.05) is 0 Å². The topological polar surface area (TPSA) is 254 Å². The van der Waals surface area contributed by atoms with Crippen LogP contribution in [0.4, 0.5) is 26.3 Å². The van der Waals surface area contributed by atoms with Gasteiger partial charge in [-0.15, -0.1) is 0 Å². The molecule has 0 spiro atoms. The van der Waals surface area contributed by atoms with Crippen molar-refractivity contribution >= 4 is 40.5 Å². The maximum atomic E-state index is 12.0. The number of alkyl halides is 6. The number of benzene rings is 2. The van der Waals surface area contributed by atoms with Crippen molar-refractivity contribution in [3.8, 4) is 0 Å². The van der Waals surface area contributed by atoms with Gasteiger partial charge in [0.1, 0.15) is 24.4 Å². The third-order valence-electron chi connectivity index (χ3n) is 10.4. The lowest BCUT2D eigenvalue weighted by Crippen LogP contribution is -2.38. The Morgan fingerprint density at radius 3 is 0.891 bits per heavy atom. The maximum absolute atomic E-state index is 12.0. The van der Waals surface area contributed by atoms with Crippen LogP contribution in [0.2, 0.25) is 0 Å². The number of hydrogen-bond acceptors (Lipinski definition) is 16. The molecule has 4 fully saturated rings. The van der Waals surface area contributed by atoms with Gasteiger partial charge in [-0.2, -0.15) is 60.0 Å². The van der Waals surface area contributed by atoms with Gasteiger partial charge in [-0.05, 0) is 102 Å². The predicted molar refractivity (Wildman–Crippen MR) is 215 cm³/mol. The second-order valence-corrected chi connectivity index (χ2v) is 21.8. The van der Waals surface area contributed by atoms with Gasteiger partial charge in [0.2, 0.25) is 0 Å². The van der Waals surface area contributed by atoms with Crippen LogP contribution < -0.4 is 0 Å². The van der Waals surface area contributed by atoms with E-state index in [0.717, 1.165) is 30.4 Å². The van der Waals surface area contributed by atoms with E-state index in [2.05, 4.69) is 8.37 Å². The summed E-state index contributed by atoms with van der Waals surface area (Å²) in [5.41, 5.74) is -8.86. The van der Waals surface area contributed by atoms with Crippen molar-refractivity contribution in [2.24, 2.45) is 0 Å². The van der Waals surface area contributed by atoms with Crippen molar-refractivity contribution in [1.29, 1.82) is 0 Å². The average Bonchev–Trinajstić information content (AvgIpc) is 3.78.